The van der Waals surface area contributed by atoms with Crippen LogP contribution < -0.4 is 14.8 Å². The number of carbonyl (C=O) groups is 2. The maximum atomic E-state index is 12.5. The molecule has 2 heterocycles. The Morgan fingerprint density at radius 3 is 2.44 bits per heavy atom. The predicted molar refractivity (Wildman–Crippen MR) is 87.3 cm³/mol. The van der Waals surface area contributed by atoms with Gasteiger partial charge >= 0.3 is 0 Å². The zero-order valence-electron chi connectivity index (χ0n) is 13.2. The standard InChI is InChI=1S/C15H12N4O5S/c1-22-9-4-3-5-10(23-2)11(9)13(21)16-15-18-17-14(25-15)12(20)8-6-7-24-19-8/h3-7H,1-2H3,(H,16,18,21). The summed E-state index contributed by atoms with van der Waals surface area (Å²) in [7, 11) is 2.90. The van der Waals surface area contributed by atoms with Crippen molar-refractivity contribution in [1.29, 1.82) is 0 Å². The van der Waals surface area contributed by atoms with Crippen molar-refractivity contribution in [3.63, 3.8) is 0 Å². The molecule has 3 rings (SSSR count). The highest BCUT2D eigenvalue weighted by Gasteiger charge is 2.22. The van der Waals surface area contributed by atoms with Crippen LogP contribution in [0.2, 0.25) is 0 Å². The lowest BCUT2D eigenvalue weighted by molar-refractivity contribution is 0.101. The van der Waals surface area contributed by atoms with Gasteiger partial charge in [-0.15, -0.1) is 10.2 Å². The molecule has 9 nitrogen and oxygen atoms in total. The first-order valence-corrected chi connectivity index (χ1v) is 7.76. The molecule has 1 aromatic carbocycles. The summed E-state index contributed by atoms with van der Waals surface area (Å²) in [5.41, 5.74) is 0.326. The minimum atomic E-state index is -0.495. The van der Waals surface area contributed by atoms with Crippen molar-refractivity contribution in [3.8, 4) is 11.5 Å². The zero-order valence-corrected chi connectivity index (χ0v) is 14.0. The number of amides is 1. The highest BCUT2D eigenvalue weighted by molar-refractivity contribution is 7.17. The van der Waals surface area contributed by atoms with E-state index in [1.807, 2.05) is 0 Å². The predicted octanol–water partition coefficient (Wildman–Crippen LogP) is 2.03. The molecule has 0 fully saturated rings. The lowest BCUT2D eigenvalue weighted by atomic mass is 10.1. The summed E-state index contributed by atoms with van der Waals surface area (Å²) in [6, 6.07) is 6.39. The van der Waals surface area contributed by atoms with E-state index in [1.165, 1.54) is 26.5 Å². The van der Waals surface area contributed by atoms with Gasteiger partial charge in [0.15, 0.2) is 10.7 Å². The van der Waals surface area contributed by atoms with Gasteiger partial charge in [0.25, 0.3) is 5.91 Å². The molecule has 0 bridgehead atoms. The number of anilines is 1. The molecule has 0 atom stereocenters. The Kier molecular flexibility index (Phi) is 4.70. The number of benzene rings is 1. The van der Waals surface area contributed by atoms with E-state index in [0.29, 0.717) is 11.5 Å². The summed E-state index contributed by atoms with van der Waals surface area (Å²) in [5.74, 6) is -0.243. The van der Waals surface area contributed by atoms with Crippen molar-refractivity contribution in [2.45, 2.75) is 0 Å². The lowest BCUT2D eigenvalue weighted by Crippen LogP contribution is -2.14. The molecule has 3 aromatic rings. The van der Waals surface area contributed by atoms with Gasteiger partial charge in [-0.3, -0.25) is 14.9 Å². The van der Waals surface area contributed by atoms with E-state index in [2.05, 4.69) is 25.2 Å². The second-order valence-corrected chi connectivity index (χ2v) is 5.60. The van der Waals surface area contributed by atoms with Crippen molar-refractivity contribution < 1.29 is 23.6 Å². The summed E-state index contributed by atoms with van der Waals surface area (Å²) in [5, 5.41) is 13.9. The minimum Gasteiger partial charge on any atom is -0.496 e. The normalized spacial score (nSPS) is 10.3. The van der Waals surface area contributed by atoms with Crippen LogP contribution >= 0.6 is 11.3 Å². The summed E-state index contributed by atoms with van der Waals surface area (Å²) in [4.78, 5) is 24.6. The van der Waals surface area contributed by atoms with E-state index in [4.69, 9.17) is 9.47 Å². The first-order valence-electron chi connectivity index (χ1n) is 6.95. The number of rotatable bonds is 6. The first-order chi connectivity index (χ1) is 12.1. The number of carbonyl (C=O) groups excluding carboxylic acids is 2. The van der Waals surface area contributed by atoms with Gasteiger partial charge in [0.2, 0.25) is 10.9 Å². The Balaban J connectivity index is 1.82. The molecule has 0 spiro atoms. The van der Waals surface area contributed by atoms with E-state index >= 15 is 0 Å². The maximum Gasteiger partial charge on any atom is 0.265 e. The van der Waals surface area contributed by atoms with Crippen LogP contribution in [0.4, 0.5) is 5.13 Å². The third kappa shape index (κ3) is 3.33. The Morgan fingerprint density at radius 2 is 1.84 bits per heavy atom. The molecule has 0 radical (unpaired) electrons. The second-order valence-electron chi connectivity index (χ2n) is 4.62. The molecular formula is C15H12N4O5S. The Hall–Kier alpha value is -3.27. The molecule has 2 aromatic heterocycles. The van der Waals surface area contributed by atoms with Crippen molar-refractivity contribution >= 4 is 28.2 Å². The van der Waals surface area contributed by atoms with Crippen LogP contribution in [0.1, 0.15) is 25.9 Å². The van der Waals surface area contributed by atoms with Crippen LogP contribution in [0, 0.1) is 0 Å². The fraction of sp³-hybridized carbons (Fsp3) is 0.133. The highest BCUT2D eigenvalue weighted by atomic mass is 32.1. The van der Waals surface area contributed by atoms with E-state index in [0.717, 1.165) is 11.3 Å². The zero-order chi connectivity index (χ0) is 17.8. The Bertz CT molecular complexity index is 884. The number of nitrogens with one attached hydrogen (secondary N) is 1. The van der Waals surface area contributed by atoms with Gasteiger partial charge < -0.3 is 14.0 Å². The van der Waals surface area contributed by atoms with E-state index in [-0.39, 0.29) is 21.4 Å². The lowest BCUT2D eigenvalue weighted by Gasteiger charge is -2.11. The summed E-state index contributed by atoms with van der Waals surface area (Å²) in [6.45, 7) is 0. The SMILES string of the molecule is COc1cccc(OC)c1C(=O)Nc1nnc(C(=O)c2ccon2)s1. The second kappa shape index (κ2) is 7.09. The number of nitrogens with zero attached hydrogens (tertiary/aromatic N) is 3. The number of ketones is 1. The fourth-order valence-electron chi connectivity index (χ4n) is 2.04. The first kappa shape index (κ1) is 16.6. The maximum absolute atomic E-state index is 12.5. The van der Waals surface area contributed by atoms with Gasteiger partial charge in [-0.25, -0.2) is 0 Å². The number of hydrogen-bond donors (Lipinski definition) is 1. The van der Waals surface area contributed by atoms with Gasteiger partial charge in [0, 0.05) is 6.07 Å². The van der Waals surface area contributed by atoms with Gasteiger partial charge in [-0.05, 0) is 12.1 Å². The van der Waals surface area contributed by atoms with E-state index in [1.54, 1.807) is 18.2 Å². The molecule has 10 heteroatoms. The molecule has 0 unspecified atom stereocenters. The number of aromatic nitrogens is 3. The van der Waals surface area contributed by atoms with Crippen LogP contribution in [0.5, 0.6) is 11.5 Å². The average molecular weight is 360 g/mol. The number of hydrogen-bond acceptors (Lipinski definition) is 9. The van der Waals surface area contributed by atoms with Gasteiger partial charge in [0.1, 0.15) is 23.3 Å². The van der Waals surface area contributed by atoms with Crippen molar-refractivity contribution in [2.75, 3.05) is 19.5 Å². The van der Waals surface area contributed by atoms with Gasteiger partial charge in [0.05, 0.1) is 14.2 Å². The molecule has 0 saturated carbocycles. The van der Waals surface area contributed by atoms with Crippen molar-refractivity contribution in [3.05, 3.63) is 46.8 Å². The molecular weight excluding hydrogens is 348 g/mol. The average Bonchev–Trinajstić information content (AvgIpc) is 3.32. The summed E-state index contributed by atoms with van der Waals surface area (Å²) < 4.78 is 15.0. The van der Waals surface area contributed by atoms with Gasteiger partial charge in [-0.1, -0.05) is 22.6 Å². The third-order valence-electron chi connectivity index (χ3n) is 3.17. The van der Waals surface area contributed by atoms with Crippen LogP contribution in [-0.4, -0.2) is 41.3 Å². The molecule has 0 aliphatic rings. The summed E-state index contributed by atoms with van der Waals surface area (Å²) in [6.07, 6.45) is 1.28. The molecule has 0 aliphatic carbocycles. The molecule has 25 heavy (non-hydrogen) atoms. The largest absolute Gasteiger partial charge is 0.496 e. The van der Waals surface area contributed by atoms with E-state index in [9.17, 15) is 9.59 Å². The van der Waals surface area contributed by atoms with Gasteiger partial charge in [-0.2, -0.15) is 0 Å². The van der Waals surface area contributed by atoms with Crippen LogP contribution in [0.25, 0.3) is 0 Å². The Labute approximate surface area is 145 Å². The monoisotopic (exact) mass is 360 g/mol. The summed E-state index contributed by atoms with van der Waals surface area (Å²) >= 11 is 0.922. The van der Waals surface area contributed by atoms with Crippen molar-refractivity contribution in [2.24, 2.45) is 0 Å². The third-order valence-corrected chi connectivity index (χ3v) is 4.00. The molecule has 1 N–H and O–H groups in total. The van der Waals surface area contributed by atoms with Crippen LogP contribution in [0.15, 0.2) is 35.1 Å². The molecule has 0 aliphatic heterocycles. The topological polar surface area (TPSA) is 116 Å². The molecule has 0 saturated heterocycles. The minimum absolute atomic E-state index is 0.0798. The molecule has 128 valence electrons. The quantitative estimate of drug-likeness (QED) is 0.664. The van der Waals surface area contributed by atoms with Crippen molar-refractivity contribution in [1.82, 2.24) is 15.4 Å². The number of methoxy groups -OCH3 is 2. The highest BCUT2D eigenvalue weighted by Crippen LogP contribution is 2.29. The smallest absolute Gasteiger partial charge is 0.265 e. The Morgan fingerprint density at radius 1 is 1.12 bits per heavy atom. The van der Waals surface area contributed by atoms with Crippen LogP contribution in [-0.2, 0) is 0 Å². The molecule has 1 amide bonds. The van der Waals surface area contributed by atoms with E-state index < -0.39 is 11.7 Å². The fourth-order valence-corrected chi connectivity index (χ4v) is 2.73. The van der Waals surface area contributed by atoms with Crippen LogP contribution in [0.3, 0.4) is 0 Å². The number of ether oxygens (including phenoxy) is 2.